The standard InChI is InChI=1S/C11H22N2O2/c1-10(2,3)15-7-11(4,9(12)14)13-8-5-6-8/h8,13H,5-7H2,1-4H3,(H2,12,14). The van der Waals surface area contributed by atoms with E-state index in [0.29, 0.717) is 12.6 Å². The molecule has 0 aliphatic heterocycles. The highest BCUT2D eigenvalue weighted by atomic mass is 16.5. The third kappa shape index (κ3) is 4.18. The Morgan fingerprint density at radius 1 is 1.40 bits per heavy atom. The molecule has 1 rings (SSSR count). The Hall–Kier alpha value is -0.610. The molecular weight excluding hydrogens is 192 g/mol. The number of carbonyl (C=O) groups excluding carboxylic acids is 1. The molecule has 0 aromatic heterocycles. The van der Waals surface area contributed by atoms with Crippen molar-refractivity contribution in [2.24, 2.45) is 5.73 Å². The second-order valence-electron chi connectivity index (χ2n) is 5.52. The van der Waals surface area contributed by atoms with Gasteiger partial charge in [0.15, 0.2) is 0 Å². The molecule has 88 valence electrons. The lowest BCUT2D eigenvalue weighted by Gasteiger charge is -2.31. The van der Waals surface area contributed by atoms with Crippen LogP contribution in [0.4, 0.5) is 0 Å². The van der Waals surface area contributed by atoms with E-state index in [1.165, 1.54) is 0 Å². The molecule has 0 spiro atoms. The van der Waals surface area contributed by atoms with E-state index in [4.69, 9.17) is 10.5 Å². The van der Waals surface area contributed by atoms with Gasteiger partial charge in [-0.25, -0.2) is 0 Å². The van der Waals surface area contributed by atoms with Crippen LogP contribution in [0.15, 0.2) is 0 Å². The lowest BCUT2D eigenvalue weighted by molar-refractivity contribution is -0.129. The first kappa shape index (κ1) is 12.5. The Balaban J connectivity index is 2.52. The van der Waals surface area contributed by atoms with E-state index in [1.807, 2.05) is 20.8 Å². The van der Waals surface area contributed by atoms with Crippen LogP contribution in [0.1, 0.15) is 40.5 Å². The van der Waals surface area contributed by atoms with E-state index < -0.39 is 5.54 Å². The third-order valence-corrected chi connectivity index (χ3v) is 2.44. The van der Waals surface area contributed by atoms with Gasteiger partial charge in [0, 0.05) is 6.04 Å². The van der Waals surface area contributed by atoms with Crippen molar-refractivity contribution < 1.29 is 9.53 Å². The molecule has 0 heterocycles. The van der Waals surface area contributed by atoms with Gasteiger partial charge < -0.3 is 10.5 Å². The molecule has 0 aromatic carbocycles. The van der Waals surface area contributed by atoms with E-state index >= 15 is 0 Å². The maximum absolute atomic E-state index is 11.4. The lowest BCUT2D eigenvalue weighted by Crippen LogP contribution is -2.58. The SMILES string of the molecule is CC(C)(C)OCC(C)(NC1CC1)C(N)=O. The minimum atomic E-state index is -0.742. The van der Waals surface area contributed by atoms with Gasteiger partial charge >= 0.3 is 0 Å². The number of carbonyl (C=O) groups is 1. The molecule has 3 N–H and O–H groups in total. The van der Waals surface area contributed by atoms with Crippen LogP contribution < -0.4 is 11.1 Å². The summed E-state index contributed by atoms with van der Waals surface area (Å²) in [4.78, 5) is 11.4. The minimum absolute atomic E-state index is 0.248. The monoisotopic (exact) mass is 214 g/mol. The zero-order chi connectivity index (χ0) is 11.7. The quantitative estimate of drug-likeness (QED) is 0.711. The predicted molar refractivity (Wildman–Crippen MR) is 59.5 cm³/mol. The van der Waals surface area contributed by atoms with Crippen LogP contribution in [0.25, 0.3) is 0 Å². The summed E-state index contributed by atoms with van der Waals surface area (Å²) in [6.45, 7) is 8.02. The van der Waals surface area contributed by atoms with E-state index in [2.05, 4.69) is 5.32 Å². The number of ether oxygens (including phenoxy) is 1. The molecule has 0 saturated heterocycles. The van der Waals surface area contributed by atoms with Crippen molar-refractivity contribution >= 4 is 5.91 Å². The highest BCUT2D eigenvalue weighted by Crippen LogP contribution is 2.23. The molecule has 1 unspecified atom stereocenters. The van der Waals surface area contributed by atoms with Crippen molar-refractivity contribution in [1.82, 2.24) is 5.32 Å². The van der Waals surface area contributed by atoms with Crippen molar-refractivity contribution in [3.8, 4) is 0 Å². The lowest BCUT2D eigenvalue weighted by atomic mass is 10.0. The largest absolute Gasteiger partial charge is 0.373 e. The molecule has 1 aliphatic rings. The fraction of sp³-hybridized carbons (Fsp3) is 0.909. The van der Waals surface area contributed by atoms with Crippen LogP contribution in [0.5, 0.6) is 0 Å². The minimum Gasteiger partial charge on any atom is -0.373 e. The van der Waals surface area contributed by atoms with E-state index in [1.54, 1.807) is 6.92 Å². The van der Waals surface area contributed by atoms with Crippen LogP contribution in [-0.4, -0.2) is 29.7 Å². The van der Waals surface area contributed by atoms with Crippen molar-refractivity contribution in [1.29, 1.82) is 0 Å². The number of primary amides is 1. The summed E-state index contributed by atoms with van der Waals surface area (Å²) in [5, 5.41) is 3.24. The van der Waals surface area contributed by atoms with Gasteiger partial charge in [-0.05, 0) is 40.5 Å². The highest BCUT2D eigenvalue weighted by molar-refractivity contribution is 5.84. The van der Waals surface area contributed by atoms with E-state index in [9.17, 15) is 4.79 Å². The predicted octanol–water partition coefficient (Wildman–Crippen LogP) is 0.798. The summed E-state index contributed by atoms with van der Waals surface area (Å²) in [6.07, 6.45) is 2.25. The van der Waals surface area contributed by atoms with Crippen molar-refractivity contribution in [3.63, 3.8) is 0 Å². The summed E-state index contributed by atoms with van der Waals surface area (Å²) in [7, 11) is 0. The molecule has 1 atom stereocenters. The Kier molecular flexibility index (Phi) is 3.41. The molecule has 4 heteroatoms. The van der Waals surface area contributed by atoms with E-state index in [-0.39, 0.29) is 11.5 Å². The van der Waals surface area contributed by atoms with Gasteiger partial charge in [0.1, 0.15) is 5.54 Å². The maximum atomic E-state index is 11.4. The Bertz CT molecular complexity index is 243. The van der Waals surface area contributed by atoms with Crippen LogP contribution in [0.3, 0.4) is 0 Å². The average Bonchev–Trinajstić information content (AvgIpc) is 2.83. The van der Waals surface area contributed by atoms with Crippen molar-refractivity contribution in [2.45, 2.75) is 57.7 Å². The summed E-state index contributed by atoms with van der Waals surface area (Å²) < 4.78 is 5.62. The number of hydrogen-bond donors (Lipinski definition) is 2. The highest BCUT2D eigenvalue weighted by Gasteiger charge is 2.38. The van der Waals surface area contributed by atoms with Crippen molar-refractivity contribution in [2.75, 3.05) is 6.61 Å². The molecule has 1 saturated carbocycles. The molecule has 1 fully saturated rings. The van der Waals surface area contributed by atoms with Gasteiger partial charge in [-0.1, -0.05) is 0 Å². The molecule has 4 nitrogen and oxygen atoms in total. The number of amides is 1. The van der Waals surface area contributed by atoms with Crippen LogP contribution >= 0.6 is 0 Å². The number of nitrogens with one attached hydrogen (secondary N) is 1. The van der Waals surface area contributed by atoms with Crippen LogP contribution in [0, 0.1) is 0 Å². The Morgan fingerprint density at radius 3 is 2.27 bits per heavy atom. The smallest absolute Gasteiger partial charge is 0.239 e. The van der Waals surface area contributed by atoms with E-state index in [0.717, 1.165) is 12.8 Å². The zero-order valence-electron chi connectivity index (χ0n) is 10.1. The molecular formula is C11H22N2O2. The molecule has 0 bridgehead atoms. The maximum Gasteiger partial charge on any atom is 0.239 e. The number of rotatable bonds is 5. The van der Waals surface area contributed by atoms with Crippen LogP contribution in [0.2, 0.25) is 0 Å². The first-order valence-electron chi connectivity index (χ1n) is 5.44. The fourth-order valence-electron chi connectivity index (χ4n) is 1.22. The van der Waals surface area contributed by atoms with Gasteiger partial charge in [0.2, 0.25) is 5.91 Å². The van der Waals surface area contributed by atoms with Crippen molar-refractivity contribution in [3.05, 3.63) is 0 Å². The zero-order valence-corrected chi connectivity index (χ0v) is 10.1. The topological polar surface area (TPSA) is 64.3 Å². The normalized spacial score (nSPS) is 21.1. The molecule has 1 amide bonds. The molecule has 0 radical (unpaired) electrons. The summed E-state index contributed by atoms with van der Waals surface area (Å²) in [6, 6.07) is 0.436. The Morgan fingerprint density at radius 2 is 1.93 bits per heavy atom. The van der Waals surface area contributed by atoms with Gasteiger partial charge in [-0.15, -0.1) is 0 Å². The molecule has 15 heavy (non-hydrogen) atoms. The second-order valence-corrected chi connectivity index (χ2v) is 5.52. The Labute approximate surface area is 91.5 Å². The average molecular weight is 214 g/mol. The molecule has 0 aromatic rings. The fourth-order valence-corrected chi connectivity index (χ4v) is 1.22. The van der Waals surface area contributed by atoms with Crippen LogP contribution in [-0.2, 0) is 9.53 Å². The third-order valence-electron chi connectivity index (χ3n) is 2.44. The number of hydrogen-bond acceptors (Lipinski definition) is 3. The number of nitrogens with two attached hydrogens (primary N) is 1. The van der Waals surface area contributed by atoms with Gasteiger partial charge in [0.25, 0.3) is 0 Å². The summed E-state index contributed by atoms with van der Waals surface area (Å²) >= 11 is 0. The first-order chi connectivity index (χ1) is 6.73. The van der Waals surface area contributed by atoms with Gasteiger partial charge in [0.05, 0.1) is 12.2 Å². The molecule has 1 aliphatic carbocycles. The summed E-state index contributed by atoms with van der Waals surface area (Å²) in [5.41, 5.74) is 4.41. The first-order valence-corrected chi connectivity index (χ1v) is 5.44. The van der Waals surface area contributed by atoms with Gasteiger partial charge in [-0.2, -0.15) is 0 Å². The second kappa shape index (κ2) is 4.10. The van der Waals surface area contributed by atoms with Gasteiger partial charge in [-0.3, -0.25) is 10.1 Å². The summed E-state index contributed by atoms with van der Waals surface area (Å²) in [5.74, 6) is -0.348.